The SMILES string of the molecule is CCC(N)Cc1csc2ccccc12. The summed E-state index contributed by atoms with van der Waals surface area (Å²) in [6.45, 7) is 2.14. The Balaban J connectivity index is 2.33. The van der Waals surface area contributed by atoms with Gasteiger partial charge in [0.1, 0.15) is 0 Å². The van der Waals surface area contributed by atoms with Gasteiger partial charge in [0, 0.05) is 10.7 Å². The highest BCUT2D eigenvalue weighted by atomic mass is 32.1. The third-order valence-electron chi connectivity index (χ3n) is 2.57. The van der Waals surface area contributed by atoms with Crippen LogP contribution in [0.3, 0.4) is 0 Å². The maximum atomic E-state index is 5.96. The second-order valence-corrected chi connectivity index (χ2v) is 4.54. The highest BCUT2D eigenvalue weighted by Crippen LogP contribution is 2.26. The topological polar surface area (TPSA) is 26.0 Å². The van der Waals surface area contributed by atoms with Crippen LogP contribution < -0.4 is 5.73 Å². The second-order valence-electron chi connectivity index (χ2n) is 3.63. The van der Waals surface area contributed by atoms with Crippen molar-refractivity contribution >= 4 is 21.4 Å². The molecule has 1 heterocycles. The van der Waals surface area contributed by atoms with Crippen LogP contribution in [0.2, 0.25) is 0 Å². The van der Waals surface area contributed by atoms with Crippen molar-refractivity contribution in [2.24, 2.45) is 5.73 Å². The number of rotatable bonds is 3. The van der Waals surface area contributed by atoms with Gasteiger partial charge in [-0.2, -0.15) is 0 Å². The van der Waals surface area contributed by atoms with Gasteiger partial charge in [-0.25, -0.2) is 0 Å². The molecule has 1 aromatic heterocycles. The summed E-state index contributed by atoms with van der Waals surface area (Å²) in [6, 6.07) is 8.83. The average molecular weight is 205 g/mol. The molecular weight excluding hydrogens is 190 g/mol. The van der Waals surface area contributed by atoms with E-state index in [1.165, 1.54) is 15.6 Å². The minimum Gasteiger partial charge on any atom is -0.327 e. The normalized spacial score (nSPS) is 13.3. The zero-order valence-corrected chi connectivity index (χ0v) is 9.18. The minimum atomic E-state index is 0.299. The molecule has 0 radical (unpaired) electrons. The molecule has 0 aliphatic heterocycles. The fraction of sp³-hybridized carbons (Fsp3) is 0.333. The van der Waals surface area contributed by atoms with E-state index < -0.39 is 0 Å². The predicted octanol–water partition coefficient (Wildman–Crippen LogP) is 3.18. The number of fused-ring (bicyclic) bond motifs is 1. The van der Waals surface area contributed by atoms with Gasteiger partial charge in [-0.3, -0.25) is 0 Å². The van der Waals surface area contributed by atoms with Crippen molar-refractivity contribution in [3.63, 3.8) is 0 Å². The predicted molar refractivity (Wildman–Crippen MR) is 63.8 cm³/mol. The lowest BCUT2D eigenvalue weighted by atomic mass is 10.0. The summed E-state index contributed by atoms with van der Waals surface area (Å²) >= 11 is 1.81. The summed E-state index contributed by atoms with van der Waals surface area (Å²) in [7, 11) is 0. The molecule has 0 saturated heterocycles. The number of thiophene rings is 1. The molecule has 74 valence electrons. The maximum Gasteiger partial charge on any atom is 0.0345 e. The van der Waals surface area contributed by atoms with Crippen molar-refractivity contribution in [1.29, 1.82) is 0 Å². The van der Waals surface area contributed by atoms with E-state index in [2.05, 4.69) is 36.6 Å². The van der Waals surface area contributed by atoms with E-state index in [1.54, 1.807) is 0 Å². The lowest BCUT2D eigenvalue weighted by molar-refractivity contribution is 0.649. The zero-order valence-electron chi connectivity index (χ0n) is 8.36. The first kappa shape index (κ1) is 9.69. The molecule has 1 aromatic carbocycles. The monoisotopic (exact) mass is 205 g/mol. The first-order valence-corrected chi connectivity index (χ1v) is 5.90. The van der Waals surface area contributed by atoms with E-state index >= 15 is 0 Å². The van der Waals surface area contributed by atoms with Crippen molar-refractivity contribution < 1.29 is 0 Å². The Bertz CT molecular complexity index is 419. The second kappa shape index (κ2) is 4.11. The fourth-order valence-corrected chi connectivity index (χ4v) is 2.59. The van der Waals surface area contributed by atoms with Gasteiger partial charge in [-0.1, -0.05) is 25.1 Å². The standard InChI is InChI=1S/C12H15NS/c1-2-10(13)7-9-8-14-12-6-4-3-5-11(9)12/h3-6,8,10H,2,7,13H2,1H3. The van der Waals surface area contributed by atoms with Crippen molar-refractivity contribution in [3.8, 4) is 0 Å². The smallest absolute Gasteiger partial charge is 0.0345 e. The van der Waals surface area contributed by atoms with Gasteiger partial charge in [-0.05, 0) is 35.2 Å². The average Bonchev–Trinajstić information content (AvgIpc) is 2.62. The van der Waals surface area contributed by atoms with Crippen LogP contribution in [0.4, 0.5) is 0 Å². The Labute approximate surface area is 88.6 Å². The molecule has 0 amide bonds. The fourth-order valence-electron chi connectivity index (χ4n) is 1.62. The number of benzene rings is 1. The third kappa shape index (κ3) is 1.81. The van der Waals surface area contributed by atoms with Crippen molar-refractivity contribution in [2.75, 3.05) is 0 Å². The molecule has 1 atom stereocenters. The van der Waals surface area contributed by atoms with Gasteiger partial charge in [-0.15, -0.1) is 11.3 Å². The van der Waals surface area contributed by atoms with Crippen LogP contribution in [0.15, 0.2) is 29.6 Å². The zero-order chi connectivity index (χ0) is 9.97. The molecule has 1 nitrogen and oxygen atoms in total. The Morgan fingerprint density at radius 1 is 1.36 bits per heavy atom. The largest absolute Gasteiger partial charge is 0.327 e. The molecule has 2 heteroatoms. The highest BCUT2D eigenvalue weighted by molar-refractivity contribution is 7.17. The Kier molecular flexibility index (Phi) is 2.85. The van der Waals surface area contributed by atoms with Crippen LogP contribution in [-0.2, 0) is 6.42 Å². The van der Waals surface area contributed by atoms with E-state index in [-0.39, 0.29) is 0 Å². The van der Waals surface area contributed by atoms with Crippen molar-refractivity contribution in [3.05, 3.63) is 35.2 Å². The summed E-state index contributed by atoms with van der Waals surface area (Å²) in [6.07, 6.45) is 2.05. The summed E-state index contributed by atoms with van der Waals surface area (Å²) in [5.74, 6) is 0. The van der Waals surface area contributed by atoms with Crippen LogP contribution >= 0.6 is 11.3 Å². The summed E-state index contributed by atoms with van der Waals surface area (Å²) in [5, 5.41) is 3.61. The molecule has 2 N–H and O–H groups in total. The quantitative estimate of drug-likeness (QED) is 0.818. The number of hydrogen-bond acceptors (Lipinski definition) is 2. The number of nitrogens with two attached hydrogens (primary N) is 1. The highest BCUT2D eigenvalue weighted by Gasteiger charge is 2.06. The minimum absolute atomic E-state index is 0.299. The van der Waals surface area contributed by atoms with Crippen LogP contribution in [0, 0.1) is 0 Å². The molecule has 0 bridgehead atoms. The molecule has 0 saturated carbocycles. The Morgan fingerprint density at radius 3 is 2.93 bits per heavy atom. The number of hydrogen-bond donors (Lipinski definition) is 1. The molecule has 0 fully saturated rings. The van der Waals surface area contributed by atoms with E-state index in [9.17, 15) is 0 Å². The third-order valence-corrected chi connectivity index (χ3v) is 3.58. The van der Waals surface area contributed by atoms with Crippen LogP contribution in [0.5, 0.6) is 0 Å². The van der Waals surface area contributed by atoms with Gasteiger partial charge in [0.05, 0.1) is 0 Å². The summed E-state index contributed by atoms with van der Waals surface area (Å²) in [5.41, 5.74) is 7.36. The Hall–Kier alpha value is -0.860. The molecule has 0 aliphatic rings. The van der Waals surface area contributed by atoms with Gasteiger partial charge in [0.2, 0.25) is 0 Å². The Morgan fingerprint density at radius 2 is 2.14 bits per heavy atom. The van der Waals surface area contributed by atoms with Crippen molar-refractivity contribution in [2.45, 2.75) is 25.8 Å². The molecule has 0 spiro atoms. The van der Waals surface area contributed by atoms with Gasteiger partial charge in [0.15, 0.2) is 0 Å². The first-order valence-electron chi connectivity index (χ1n) is 5.02. The van der Waals surface area contributed by atoms with E-state index in [1.807, 2.05) is 11.3 Å². The lowest BCUT2D eigenvalue weighted by Gasteiger charge is -2.06. The molecule has 0 aliphatic carbocycles. The lowest BCUT2D eigenvalue weighted by Crippen LogP contribution is -2.21. The summed E-state index contributed by atoms with van der Waals surface area (Å²) < 4.78 is 1.37. The molecular formula is C12H15NS. The van der Waals surface area contributed by atoms with Crippen LogP contribution in [0.25, 0.3) is 10.1 Å². The molecule has 2 aromatic rings. The van der Waals surface area contributed by atoms with Gasteiger partial charge < -0.3 is 5.73 Å². The van der Waals surface area contributed by atoms with Crippen LogP contribution in [0.1, 0.15) is 18.9 Å². The van der Waals surface area contributed by atoms with Crippen LogP contribution in [-0.4, -0.2) is 6.04 Å². The van der Waals surface area contributed by atoms with E-state index in [0.29, 0.717) is 6.04 Å². The van der Waals surface area contributed by atoms with Gasteiger partial charge in [0.25, 0.3) is 0 Å². The molecule has 2 rings (SSSR count). The first-order chi connectivity index (χ1) is 6.81. The van der Waals surface area contributed by atoms with E-state index in [4.69, 9.17) is 5.73 Å². The van der Waals surface area contributed by atoms with Crippen molar-refractivity contribution in [1.82, 2.24) is 0 Å². The molecule has 1 unspecified atom stereocenters. The molecule has 14 heavy (non-hydrogen) atoms. The maximum absolute atomic E-state index is 5.96. The summed E-state index contributed by atoms with van der Waals surface area (Å²) in [4.78, 5) is 0. The van der Waals surface area contributed by atoms with Gasteiger partial charge >= 0.3 is 0 Å². The van der Waals surface area contributed by atoms with E-state index in [0.717, 1.165) is 12.8 Å².